The zero-order chi connectivity index (χ0) is 23.5. The number of hydrogen-bond acceptors (Lipinski definition) is 5. The molecule has 1 aliphatic heterocycles. The largest absolute Gasteiger partial charge is 0.398 e. The molecule has 3 aromatic rings. The third-order valence-electron chi connectivity index (χ3n) is 5.85. The van der Waals surface area contributed by atoms with Gasteiger partial charge in [0.2, 0.25) is 5.91 Å². The number of amides is 1. The van der Waals surface area contributed by atoms with Crippen LogP contribution in [0.5, 0.6) is 0 Å². The number of aliphatic imine (C=N–C) groups is 1. The van der Waals surface area contributed by atoms with Gasteiger partial charge in [-0.05, 0) is 73.1 Å². The Morgan fingerprint density at radius 3 is 2.15 bits per heavy atom. The number of fused-ring (bicyclic) bond motifs is 1. The number of carbonyl (C=O) groups excluding carboxylic acids is 1. The minimum atomic E-state index is -0.482. The monoisotopic (exact) mass is 441 g/mol. The van der Waals surface area contributed by atoms with Crippen molar-refractivity contribution in [1.29, 1.82) is 10.8 Å². The van der Waals surface area contributed by atoms with Crippen LogP contribution in [0.1, 0.15) is 39.9 Å². The van der Waals surface area contributed by atoms with E-state index in [1.165, 1.54) is 0 Å². The summed E-state index contributed by atoms with van der Waals surface area (Å²) >= 11 is 0. The molecule has 8 nitrogen and oxygen atoms in total. The van der Waals surface area contributed by atoms with Gasteiger partial charge in [-0.3, -0.25) is 20.5 Å². The van der Waals surface area contributed by atoms with E-state index < -0.39 is 5.91 Å². The van der Waals surface area contributed by atoms with Crippen LogP contribution in [0.2, 0.25) is 0 Å². The molecule has 4 rings (SSSR count). The molecule has 1 amide bonds. The molecular weight excluding hydrogens is 414 g/mol. The van der Waals surface area contributed by atoms with E-state index in [0.29, 0.717) is 40.3 Å². The van der Waals surface area contributed by atoms with Crippen molar-refractivity contribution in [3.8, 4) is 0 Å². The van der Waals surface area contributed by atoms with E-state index in [1.807, 2.05) is 12.1 Å². The number of nitrogen functional groups attached to an aromatic ring is 1. The molecule has 1 aliphatic rings. The summed E-state index contributed by atoms with van der Waals surface area (Å²) in [6, 6.07) is 15.8. The predicted molar refractivity (Wildman–Crippen MR) is 133 cm³/mol. The average Bonchev–Trinajstić information content (AvgIpc) is 3.30. The van der Waals surface area contributed by atoms with Crippen LogP contribution in [0.15, 0.2) is 59.6 Å². The van der Waals surface area contributed by atoms with Gasteiger partial charge < -0.3 is 17.2 Å². The predicted octanol–water partition coefficient (Wildman–Crippen LogP) is 2.72. The first-order chi connectivity index (χ1) is 15.8. The lowest BCUT2D eigenvalue weighted by molar-refractivity contribution is 0.100. The van der Waals surface area contributed by atoms with Gasteiger partial charge in [0.15, 0.2) is 5.84 Å². The second-order valence-corrected chi connectivity index (χ2v) is 8.25. The van der Waals surface area contributed by atoms with Crippen LogP contribution in [0.3, 0.4) is 0 Å². The molecule has 0 aromatic heterocycles. The van der Waals surface area contributed by atoms with Crippen molar-refractivity contribution in [2.45, 2.75) is 12.8 Å². The summed E-state index contributed by atoms with van der Waals surface area (Å²) in [6.07, 6.45) is 2.32. The van der Waals surface area contributed by atoms with Gasteiger partial charge in [0.1, 0.15) is 5.84 Å². The first kappa shape index (κ1) is 22.2. The SMILES string of the molecule is N=C(N=C(N)CN1CCCC1)c1ccc(N)c(C(=N)c2ccc3cc(C(N)=O)ccc3c2)c1. The number of amidine groups is 2. The molecule has 0 bridgehead atoms. The smallest absolute Gasteiger partial charge is 0.248 e. The molecule has 168 valence electrons. The van der Waals surface area contributed by atoms with E-state index in [4.69, 9.17) is 28.0 Å². The van der Waals surface area contributed by atoms with Crippen molar-refractivity contribution in [2.75, 3.05) is 25.4 Å². The molecular formula is C25H27N7O. The molecule has 0 spiro atoms. The Bertz CT molecular complexity index is 1290. The van der Waals surface area contributed by atoms with Gasteiger partial charge in [-0.2, -0.15) is 0 Å². The third-order valence-corrected chi connectivity index (χ3v) is 5.85. The number of carbonyl (C=O) groups is 1. The van der Waals surface area contributed by atoms with Crippen LogP contribution in [0.25, 0.3) is 10.8 Å². The maximum Gasteiger partial charge on any atom is 0.248 e. The van der Waals surface area contributed by atoms with Crippen molar-refractivity contribution in [3.63, 3.8) is 0 Å². The lowest BCUT2D eigenvalue weighted by atomic mass is 9.96. The van der Waals surface area contributed by atoms with E-state index in [9.17, 15) is 4.79 Å². The quantitative estimate of drug-likeness (QED) is 0.226. The highest BCUT2D eigenvalue weighted by molar-refractivity contribution is 6.16. The minimum absolute atomic E-state index is 0.0400. The maximum absolute atomic E-state index is 11.4. The van der Waals surface area contributed by atoms with E-state index in [-0.39, 0.29) is 11.5 Å². The van der Waals surface area contributed by atoms with Crippen LogP contribution in [0, 0.1) is 10.8 Å². The van der Waals surface area contributed by atoms with Crippen LogP contribution in [-0.2, 0) is 0 Å². The van der Waals surface area contributed by atoms with Crippen molar-refractivity contribution in [2.24, 2.45) is 16.5 Å². The van der Waals surface area contributed by atoms with Crippen molar-refractivity contribution >= 4 is 39.7 Å². The van der Waals surface area contributed by atoms with E-state index in [1.54, 1.807) is 42.5 Å². The Balaban J connectivity index is 1.59. The summed E-state index contributed by atoms with van der Waals surface area (Å²) in [7, 11) is 0. The molecule has 1 fully saturated rings. The number of rotatable bonds is 6. The van der Waals surface area contributed by atoms with Crippen molar-refractivity contribution in [1.82, 2.24) is 4.90 Å². The first-order valence-corrected chi connectivity index (χ1v) is 10.8. The van der Waals surface area contributed by atoms with Crippen LogP contribution < -0.4 is 17.2 Å². The number of nitrogens with zero attached hydrogens (tertiary/aromatic N) is 2. The molecule has 1 saturated heterocycles. The maximum atomic E-state index is 11.4. The van der Waals surface area contributed by atoms with Gasteiger partial charge in [-0.25, -0.2) is 4.99 Å². The highest BCUT2D eigenvalue weighted by atomic mass is 16.1. The lowest BCUT2D eigenvalue weighted by Gasteiger charge is -2.14. The summed E-state index contributed by atoms with van der Waals surface area (Å²) in [5.41, 5.74) is 20.4. The Labute approximate surface area is 192 Å². The normalized spacial score (nSPS) is 14.5. The summed E-state index contributed by atoms with van der Waals surface area (Å²) in [5.74, 6) is -0.0390. The second-order valence-electron chi connectivity index (χ2n) is 8.25. The Hall–Kier alpha value is -4.04. The molecule has 0 radical (unpaired) electrons. The highest BCUT2D eigenvalue weighted by Gasteiger charge is 2.15. The van der Waals surface area contributed by atoms with Gasteiger partial charge in [-0.15, -0.1) is 0 Å². The minimum Gasteiger partial charge on any atom is -0.398 e. The molecule has 8 N–H and O–H groups in total. The first-order valence-electron chi connectivity index (χ1n) is 10.8. The Kier molecular flexibility index (Phi) is 6.19. The fourth-order valence-electron chi connectivity index (χ4n) is 4.04. The molecule has 0 unspecified atom stereocenters. The number of anilines is 1. The van der Waals surface area contributed by atoms with Crippen LogP contribution >= 0.6 is 0 Å². The number of nitrogens with two attached hydrogens (primary N) is 3. The van der Waals surface area contributed by atoms with Crippen LogP contribution in [-0.4, -0.2) is 47.8 Å². The number of primary amides is 1. The molecule has 0 saturated carbocycles. The van der Waals surface area contributed by atoms with Gasteiger partial charge in [0, 0.05) is 27.9 Å². The van der Waals surface area contributed by atoms with E-state index in [2.05, 4.69) is 9.89 Å². The molecule has 8 heteroatoms. The zero-order valence-electron chi connectivity index (χ0n) is 18.3. The summed E-state index contributed by atoms with van der Waals surface area (Å²) < 4.78 is 0. The standard InChI is InChI=1S/C25H27N7O/c26-21-8-7-18(24(29)31-22(27)14-32-9-1-2-10-32)13-20(21)23(28)17-5-3-16-12-19(25(30)33)6-4-15(16)11-17/h3-8,11-13,28H,1-2,9-10,14,26H2,(H2,30,33)(H3,27,29,31). The Morgan fingerprint density at radius 1 is 0.879 bits per heavy atom. The lowest BCUT2D eigenvalue weighted by Crippen LogP contribution is -2.32. The van der Waals surface area contributed by atoms with Gasteiger partial charge >= 0.3 is 0 Å². The number of likely N-dealkylation sites (tertiary alicyclic amines) is 1. The molecule has 1 heterocycles. The molecule has 0 aliphatic carbocycles. The molecule has 33 heavy (non-hydrogen) atoms. The topological polar surface area (TPSA) is 158 Å². The highest BCUT2D eigenvalue weighted by Crippen LogP contribution is 2.23. The van der Waals surface area contributed by atoms with Crippen LogP contribution in [0.4, 0.5) is 5.69 Å². The second kappa shape index (κ2) is 9.22. The van der Waals surface area contributed by atoms with E-state index in [0.717, 1.165) is 36.7 Å². The fourth-order valence-corrected chi connectivity index (χ4v) is 4.04. The fraction of sp³-hybridized carbons (Fsp3) is 0.200. The summed E-state index contributed by atoms with van der Waals surface area (Å²) in [5, 5.41) is 18.8. The van der Waals surface area contributed by atoms with Crippen molar-refractivity contribution in [3.05, 3.63) is 76.9 Å². The van der Waals surface area contributed by atoms with Gasteiger partial charge in [0.05, 0.1) is 12.3 Å². The molecule has 3 aromatic carbocycles. The number of hydrogen-bond donors (Lipinski definition) is 5. The van der Waals surface area contributed by atoms with Gasteiger partial charge in [0.25, 0.3) is 0 Å². The van der Waals surface area contributed by atoms with Gasteiger partial charge in [-0.1, -0.05) is 18.2 Å². The molecule has 0 atom stereocenters. The van der Waals surface area contributed by atoms with E-state index >= 15 is 0 Å². The van der Waals surface area contributed by atoms with Crippen molar-refractivity contribution < 1.29 is 4.79 Å². The third kappa shape index (κ3) is 4.91. The number of nitrogens with one attached hydrogen (secondary N) is 2. The zero-order valence-corrected chi connectivity index (χ0v) is 18.3. The summed E-state index contributed by atoms with van der Waals surface area (Å²) in [4.78, 5) is 17.9. The Morgan fingerprint density at radius 2 is 1.48 bits per heavy atom. The summed E-state index contributed by atoms with van der Waals surface area (Å²) in [6.45, 7) is 2.55. The number of benzene rings is 3. The average molecular weight is 442 g/mol.